The molecule has 9 heteroatoms. The van der Waals surface area contributed by atoms with Crippen LogP contribution < -0.4 is 10.6 Å². The molecule has 39 heavy (non-hydrogen) atoms. The fraction of sp³-hybridized carbons (Fsp3) is 0.500. The normalized spacial score (nSPS) is 13.8. The minimum absolute atomic E-state index is 0.156. The van der Waals surface area contributed by atoms with Crippen LogP contribution in [0.5, 0.6) is 5.75 Å². The van der Waals surface area contributed by atoms with E-state index in [0.29, 0.717) is 18.0 Å². The van der Waals surface area contributed by atoms with Crippen LogP contribution in [0.2, 0.25) is 0 Å². The topological polar surface area (TPSA) is 128 Å². The van der Waals surface area contributed by atoms with Crippen molar-refractivity contribution in [3.63, 3.8) is 0 Å². The molecule has 2 aromatic carbocycles. The number of aliphatic hydroxyl groups is 1. The highest BCUT2D eigenvalue weighted by molar-refractivity contribution is 5.99. The van der Waals surface area contributed by atoms with Gasteiger partial charge in [0.1, 0.15) is 23.4 Å². The Morgan fingerprint density at radius 1 is 0.974 bits per heavy atom. The number of rotatable bonds is 11. The number of anilines is 1. The van der Waals surface area contributed by atoms with Crippen LogP contribution in [-0.4, -0.2) is 57.3 Å². The van der Waals surface area contributed by atoms with Gasteiger partial charge in [0.25, 0.3) is 5.91 Å². The molecule has 3 atom stereocenters. The second kappa shape index (κ2) is 14.0. The van der Waals surface area contributed by atoms with E-state index in [1.54, 1.807) is 51.1 Å². The predicted octanol–water partition coefficient (Wildman–Crippen LogP) is 4.92. The molecule has 0 aliphatic rings. The number of nitrogens with one attached hydrogen (secondary N) is 2. The van der Waals surface area contributed by atoms with Crippen molar-refractivity contribution in [1.82, 2.24) is 10.2 Å². The number of carbonyl (C=O) groups is 3. The molecule has 0 saturated carbocycles. The summed E-state index contributed by atoms with van der Waals surface area (Å²) in [5, 5.41) is 26.3. The average molecular weight is 542 g/mol. The van der Waals surface area contributed by atoms with E-state index in [1.807, 2.05) is 26.0 Å². The highest BCUT2D eigenvalue weighted by atomic mass is 16.6. The third kappa shape index (κ3) is 9.28. The van der Waals surface area contributed by atoms with Crippen LogP contribution in [0, 0.1) is 12.8 Å². The molecule has 2 aromatic rings. The maximum Gasteiger partial charge on any atom is 0.408 e. The highest BCUT2D eigenvalue weighted by Crippen LogP contribution is 2.33. The number of hydrogen-bond donors (Lipinski definition) is 4. The molecular formula is C30H43N3O6. The molecule has 0 radical (unpaired) electrons. The number of ether oxygens (including phenoxy) is 1. The Hall–Kier alpha value is -3.59. The van der Waals surface area contributed by atoms with Crippen LogP contribution in [0.3, 0.4) is 0 Å². The molecule has 4 N–H and O–H groups in total. The fourth-order valence-electron chi connectivity index (χ4n) is 4.18. The van der Waals surface area contributed by atoms with E-state index in [-0.39, 0.29) is 11.3 Å². The number of carbonyl (C=O) groups excluding carboxylic acids is 3. The first kappa shape index (κ1) is 31.6. The number of alkyl carbamates (subject to hydrolysis) is 1. The van der Waals surface area contributed by atoms with Crippen molar-refractivity contribution in [3.8, 4) is 5.75 Å². The number of phenolic OH excluding ortho intramolecular Hbond substituents is 1. The zero-order valence-corrected chi connectivity index (χ0v) is 24.0. The van der Waals surface area contributed by atoms with Gasteiger partial charge < -0.3 is 30.5 Å². The molecule has 0 aromatic heterocycles. The third-order valence-corrected chi connectivity index (χ3v) is 6.22. The zero-order chi connectivity index (χ0) is 29.3. The first-order chi connectivity index (χ1) is 18.2. The first-order valence-electron chi connectivity index (χ1n) is 13.3. The van der Waals surface area contributed by atoms with E-state index in [2.05, 4.69) is 24.5 Å². The van der Waals surface area contributed by atoms with Crippen LogP contribution in [0.1, 0.15) is 71.6 Å². The molecule has 9 nitrogen and oxygen atoms in total. The van der Waals surface area contributed by atoms with Gasteiger partial charge >= 0.3 is 6.09 Å². The van der Waals surface area contributed by atoms with Crippen LogP contribution in [-0.2, 0) is 14.3 Å². The van der Waals surface area contributed by atoms with Gasteiger partial charge in [-0.2, -0.15) is 0 Å². The summed E-state index contributed by atoms with van der Waals surface area (Å²) in [6.07, 6.45) is 0.449. The lowest BCUT2D eigenvalue weighted by atomic mass is 9.96. The Kier molecular flexibility index (Phi) is 11.3. The van der Waals surface area contributed by atoms with Crippen LogP contribution in [0.15, 0.2) is 48.5 Å². The molecule has 0 bridgehead atoms. The van der Waals surface area contributed by atoms with Crippen LogP contribution in [0.25, 0.3) is 0 Å². The second-order valence-corrected chi connectivity index (χ2v) is 11.2. The molecule has 0 fully saturated rings. The molecule has 2 rings (SSSR count). The first-order valence-corrected chi connectivity index (χ1v) is 13.3. The number of hydrogen-bond acceptors (Lipinski definition) is 6. The summed E-state index contributed by atoms with van der Waals surface area (Å²) < 4.78 is 5.29. The van der Waals surface area contributed by atoms with Crippen molar-refractivity contribution < 1.29 is 29.3 Å². The second-order valence-electron chi connectivity index (χ2n) is 11.2. The van der Waals surface area contributed by atoms with Crippen LogP contribution >= 0.6 is 0 Å². The summed E-state index contributed by atoms with van der Waals surface area (Å²) in [7, 11) is 0. The van der Waals surface area contributed by atoms with Crippen molar-refractivity contribution >= 4 is 23.6 Å². The molecule has 0 spiro atoms. The summed E-state index contributed by atoms with van der Waals surface area (Å²) in [6.45, 7) is 12.1. The smallest absolute Gasteiger partial charge is 0.408 e. The van der Waals surface area contributed by atoms with Crippen molar-refractivity contribution in [2.24, 2.45) is 5.92 Å². The molecule has 0 heterocycles. The van der Waals surface area contributed by atoms with E-state index >= 15 is 0 Å². The lowest BCUT2D eigenvalue weighted by Crippen LogP contribution is -2.56. The van der Waals surface area contributed by atoms with Crippen molar-refractivity contribution in [2.45, 2.75) is 85.0 Å². The van der Waals surface area contributed by atoms with Gasteiger partial charge in [0.2, 0.25) is 5.91 Å². The number of benzene rings is 2. The Bertz CT molecular complexity index is 1130. The largest absolute Gasteiger partial charge is 0.508 e. The van der Waals surface area contributed by atoms with Gasteiger partial charge in [-0.05, 0) is 71.1 Å². The minimum Gasteiger partial charge on any atom is -0.508 e. The maximum absolute atomic E-state index is 14.0. The van der Waals surface area contributed by atoms with Gasteiger partial charge in [-0.1, -0.05) is 50.2 Å². The van der Waals surface area contributed by atoms with E-state index in [9.17, 15) is 24.6 Å². The SMILES string of the molecule is Cc1ccccc1NC(=O)C(c1ccccc1O)N(C(=O)C(CO)NC(=O)OC(C)(C)C)C(C)CCC(C)C. The summed E-state index contributed by atoms with van der Waals surface area (Å²) in [4.78, 5) is 41.8. The molecule has 3 amide bonds. The number of aliphatic hydroxyl groups excluding tert-OH is 1. The maximum atomic E-state index is 14.0. The third-order valence-electron chi connectivity index (χ3n) is 6.22. The standard InChI is InChI=1S/C30H43N3O6/c1-19(2)16-17-21(4)33(28(37)24(18-34)32-29(38)39-30(5,6)7)26(22-13-9-11-15-25(22)35)27(36)31-23-14-10-8-12-20(23)3/h8-15,19,21,24,26,34-35H,16-18H2,1-7H3,(H,31,36)(H,32,38). The van der Waals surface area contributed by atoms with Gasteiger partial charge in [0, 0.05) is 17.3 Å². The van der Waals surface area contributed by atoms with Gasteiger partial charge in [-0.3, -0.25) is 9.59 Å². The summed E-state index contributed by atoms with van der Waals surface area (Å²) in [6, 6.07) is 10.5. The van der Waals surface area contributed by atoms with Gasteiger partial charge in [0.15, 0.2) is 0 Å². The quantitative estimate of drug-likeness (QED) is 0.320. The number of para-hydroxylation sites is 2. The Balaban J connectivity index is 2.59. The number of aryl methyl sites for hydroxylation is 1. The van der Waals surface area contributed by atoms with E-state index in [4.69, 9.17) is 4.74 Å². The summed E-state index contributed by atoms with van der Waals surface area (Å²) >= 11 is 0. The lowest BCUT2D eigenvalue weighted by Gasteiger charge is -2.38. The number of nitrogens with zero attached hydrogens (tertiary/aromatic N) is 1. The van der Waals surface area contributed by atoms with Crippen molar-refractivity contribution in [2.75, 3.05) is 11.9 Å². The molecule has 0 aliphatic carbocycles. The van der Waals surface area contributed by atoms with Gasteiger partial charge in [-0.15, -0.1) is 0 Å². The van der Waals surface area contributed by atoms with E-state index in [0.717, 1.165) is 12.0 Å². The predicted molar refractivity (Wildman–Crippen MR) is 151 cm³/mol. The number of amides is 3. The fourth-order valence-corrected chi connectivity index (χ4v) is 4.18. The Labute approximate surface area is 231 Å². The number of aromatic hydroxyl groups is 1. The van der Waals surface area contributed by atoms with Gasteiger partial charge in [0.05, 0.1) is 6.61 Å². The highest BCUT2D eigenvalue weighted by Gasteiger charge is 2.40. The van der Waals surface area contributed by atoms with Crippen molar-refractivity contribution in [3.05, 3.63) is 59.7 Å². The molecule has 0 saturated heterocycles. The molecular weight excluding hydrogens is 498 g/mol. The Morgan fingerprint density at radius 2 is 1.59 bits per heavy atom. The average Bonchev–Trinajstić information content (AvgIpc) is 2.84. The van der Waals surface area contributed by atoms with E-state index < -0.39 is 48.2 Å². The van der Waals surface area contributed by atoms with Crippen LogP contribution in [0.4, 0.5) is 10.5 Å². The molecule has 214 valence electrons. The summed E-state index contributed by atoms with van der Waals surface area (Å²) in [5.41, 5.74) is 0.800. The van der Waals surface area contributed by atoms with E-state index in [1.165, 1.54) is 11.0 Å². The minimum atomic E-state index is -1.37. The van der Waals surface area contributed by atoms with Crippen molar-refractivity contribution in [1.29, 1.82) is 0 Å². The zero-order valence-electron chi connectivity index (χ0n) is 24.0. The lowest BCUT2D eigenvalue weighted by molar-refractivity contribution is -0.144. The molecule has 0 aliphatic heterocycles. The Morgan fingerprint density at radius 3 is 2.15 bits per heavy atom. The molecule has 3 unspecified atom stereocenters. The number of phenols is 1. The monoisotopic (exact) mass is 541 g/mol. The van der Waals surface area contributed by atoms with Gasteiger partial charge in [-0.25, -0.2) is 4.79 Å². The summed E-state index contributed by atoms with van der Waals surface area (Å²) in [5.74, 6) is -1.03.